The number of hydrogen-bond donors (Lipinski definition) is 1. The second kappa shape index (κ2) is 7.25. The van der Waals surface area contributed by atoms with Gasteiger partial charge in [0.05, 0.1) is 19.3 Å². The van der Waals surface area contributed by atoms with Crippen molar-refractivity contribution in [2.75, 3.05) is 26.3 Å². The van der Waals surface area contributed by atoms with Crippen LogP contribution in [0.3, 0.4) is 0 Å². The number of hydrogen-bond acceptors (Lipinski definition) is 3. The first-order valence-electron chi connectivity index (χ1n) is 7.85. The molecule has 0 unspecified atom stereocenters. The molecule has 1 heterocycles. The van der Waals surface area contributed by atoms with Crippen LogP contribution in [0.1, 0.15) is 46.0 Å². The van der Waals surface area contributed by atoms with Crippen LogP contribution >= 0.6 is 0 Å². The minimum atomic E-state index is -0.0197. The minimum Gasteiger partial charge on any atom is -0.378 e. The Bertz CT molecular complexity index is 284. The summed E-state index contributed by atoms with van der Waals surface area (Å²) < 4.78 is 5.31. The molecule has 2 fully saturated rings. The van der Waals surface area contributed by atoms with Crippen LogP contribution in [-0.2, 0) is 9.53 Å². The quantitative estimate of drug-likeness (QED) is 0.826. The third-order valence-corrected chi connectivity index (χ3v) is 4.60. The summed E-state index contributed by atoms with van der Waals surface area (Å²) in [6.45, 7) is 7.19. The Morgan fingerprint density at radius 3 is 2.53 bits per heavy atom. The van der Waals surface area contributed by atoms with Gasteiger partial charge in [-0.25, -0.2) is 0 Å². The molecular formula is C15H28N2O2. The SMILES string of the molecule is CC[C@@H](N[C@H](C)C1CCCC1)C(=O)N1CCOCC1. The lowest BCUT2D eigenvalue weighted by Crippen LogP contribution is -2.53. The van der Waals surface area contributed by atoms with Gasteiger partial charge in [-0.05, 0) is 32.1 Å². The summed E-state index contributed by atoms with van der Waals surface area (Å²) in [7, 11) is 0. The fraction of sp³-hybridized carbons (Fsp3) is 0.933. The van der Waals surface area contributed by atoms with Crippen LogP contribution in [0.2, 0.25) is 0 Å². The fourth-order valence-corrected chi connectivity index (χ4v) is 3.28. The third kappa shape index (κ3) is 3.93. The van der Waals surface area contributed by atoms with Crippen LogP contribution in [0.15, 0.2) is 0 Å². The highest BCUT2D eigenvalue weighted by Crippen LogP contribution is 2.27. The zero-order valence-electron chi connectivity index (χ0n) is 12.4. The van der Waals surface area contributed by atoms with Crippen molar-refractivity contribution < 1.29 is 9.53 Å². The predicted octanol–water partition coefficient (Wildman–Crippen LogP) is 1.79. The molecule has 0 spiro atoms. The molecule has 2 aliphatic rings. The molecule has 1 aliphatic carbocycles. The fourth-order valence-electron chi connectivity index (χ4n) is 3.28. The Kier molecular flexibility index (Phi) is 5.64. The predicted molar refractivity (Wildman–Crippen MR) is 76.0 cm³/mol. The summed E-state index contributed by atoms with van der Waals surface area (Å²) >= 11 is 0. The third-order valence-electron chi connectivity index (χ3n) is 4.60. The number of carbonyl (C=O) groups is 1. The molecule has 0 aromatic carbocycles. The van der Waals surface area contributed by atoms with E-state index in [4.69, 9.17) is 4.74 Å². The molecule has 0 aromatic rings. The van der Waals surface area contributed by atoms with E-state index in [1.165, 1.54) is 25.7 Å². The molecule has 1 amide bonds. The van der Waals surface area contributed by atoms with Crippen molar-refractivity contribution in [1.82, 2.24) is 10.2 Å². The van der Waals surface area contributed by atoms with Gasteiger partial charge < -0.3 is 15.0 Å². The lowest BCUT2D eigenvalue weighted by molar-refractivity contribution is -0.137. The monoisotopic (exact) mass is 268 g/mol. The first-order chi connectivity index (χ1) is 9.22. The van der Waals surface area contributed by atoms with Gasteiger partial charge in [0.15, 0.2) is 0 Å². The summed E-state index contributed by atoms with van der Waals surface area (Å²) in [4.78, 5) is 14.4. The van der Waals surface area contributed by atoms with E-state index < -0.39 is 0 Å². The van der Waals surface area contributed by atoms with Crippen molar-refractivity contribution in [3.8, 4) is 0 Å². The number of rotatable bonds is 5. The molecule has 0 aromatic heterocycles. The Labute approximate surface area is 116 Å². The molecule has 0 radical (unpaired) electrons. The smallest absolute Gasteiger partial charge is 0.239 e. The first-order valence-corrected chi connectivity index (χ1v) is 7.85. The van der Waals surface area contributed by atoms with Crippen LogP contribution in [0.4, 0.5) is 0 Å². The van der Waals surface area contributed by atoms with E-state index in [1.54, 1.807) is 0 Å². The van der Waals surface area contributed by atoms with Gasteiger partial charge in [-0.3, -0.25) is 4.79 Å². The summed E-state index contributed by atoms with van der Waals surface area (Å²) in [5, 5.41) is 3.57. The van der Waals surface area contributed by atoms with Gasteiger partial charge in [-0.1, -0.05) is 19.8 Å². The zero-order chi connectivity index (χ0) is 13.7. The van der Waals surface area contributed by atoms with Gasteiger partial charge in [0.2, 0.25) is 5.91 Å². The second-order valence-electron chi connectivity index (χ2n) is 5.90. The molecule has 19 heavy (non-hydrogen) atoms. The molecule has 2 atom stereocenters. The van der Waals surface area contributed by atoms with E-state index in [1.807, 2.05) is 4.90 Å². The lowest BCUT2D eigenvalue weighted by Gasteiger charge is -2.32. The normalized spacial score (nSPS) is 24.4. The topological polar surface area (TPSA) is 41.6 Å². The minimum absolute atomic E-state index is 0.0197. The molecule has 1 aliphatic heterocycles. The number of morpholine rings is 1. The van der Waals surface area contributed by atoms with Crippen LogP contribution in [-0.4, -0.2) is 49.2 Å². The van der Waals surface area contributed by atoms with Crippen LogP contribution in [0.25, 0.3) is 0 Å². The van der Waals surface area contributed by atoms with Gasteiger partial charge >= 0.3 is 0 Å². The van der Waals surface area contributed by atoms with E-state index in [9.17, 15) is 4.79 Å². The highest BCUT2D eigenvalue weighted by Gasteiger charge is 2.28. The Morgan fingerprint density at radius 1 is 1.32 bits per heavy atom. The van der Waals surface area contributed by atoms with Gasteiger partial charge in [0.1, 0.15) is 0 Å². The summed E-state index contributed by atoms with van der Waals surface area (Å²) in [6, 6.07) is 0.436. The number of nitrogens with one attached hydrogen (secondary N) is 1. The molecule has 1 N–H and O–H groups in total. The van der Waals surface area contributed by atoms with Crippen molar-refractivity contribution in [3.63, 3.8) is 0 Å². The van der Waals surface area contributed by atoms with Crippen molar-refractivity contribution in [2.45, 2.75) is 58.0 Å². The van der Waals surface area contributed by atoms with Crippen molar-refractivity contribution in [1.29, 1.82) is 0 Å². The van der Waals surface area contributed by atoms with E-state index in [-0.39, 0.29) is 11.9 Å². The van der Waals surface area contributed by atoms with E-state index >= 15 is 0 Å². The van der Waals surface area contributed by atoms with Crippen LogP contribution in [0.5, 0.6) is 0 Å². The molecule has 1 saturated carbocycles. The highest BCUT2D eigenvalue weighted by molar-refractivity contribution is 5.82. The molecule has 2 rings (SSSR count). The maximum atomic E-state index is 12.5. The van der Waals surface area contributed by atoms with Crippen LogP contribution in [0, 0.1) is 5.92 Å². The molecule has 1 saturated heterocycles. The lowest BCUT2D eigenvalue weighted by atomic mass is 9.98. The summed E-state index contributed by atoms with van der Waals surface area (Å²) in [5.74, 6) is 1.02. The van der Waals surface area contributed by atoms with Crippen LogP contribution < -0.4 is 5.32 Å². The molecule has 4 nitrogen and oxygen atoms in total. The van der Waals surface area contributed by atoms with Gasteiger partial charge in [0.25, 0.3) is 0 Å². The number of nitrogens with zero attached hydrogens (tertiary/aromatic N) is 1. The Hall–Kier alpha value is -0.610. The summed E-state index contributed by atoms with van der Waals surface area (Å²) in [5.41, 5.74) is 0. The standard InChI is InChI=1S/C15H28N2O2/c1-3-14(15(18)17-8-10-19-11-9-17)16-12(2)13-6-4-5-7-13/h12-14,16H,3-11H2,1-2H3/t12-,14-/m1/s1. The summed E-state index contributed by atoms with van der Waals surface area (Å²) in [6.07, 6.45) is 6.20. The van der Waals surface area contributed by atoms with Gasteiger partial charge in [-0.2, -0.15) is 0 Å². The van der Waals surface area contributed by atoms with E-state index in [0.717, 1.165) is 25.4 Å². The van der Waals surface area contributed by atoms with Crippen molar-refractivity contribution in [3.05, 3.63) is 0 Å². The van der Waals surface area contributed by atoms with E-state index in [2.05, 4.69) is 19.2 Å². The number of carbonyl (C=O) groups excluding carboxylic acids is 1. The van der Waals surface area contributed by atoms with Gasteiger partial charge in [0, 0.05) is 19.1 Å². The van der Waals surface area contributed by atoms with Gasteiger partial charge in [-0.15, -0.1) is 0 Å². The zero-order valence-corrected chi connectivity index (χ0v) is 12.4. The molecule has 0 bridgehead atoms. The highest BCUT2D eigenvalue weighted by atomic mass is 16.5. The number of ether oxygens (including phenoxy) is 1. The average molecular weight is 268 g/mol. The largest absolute Gasteiger partial charge is 0.378 e. The van der Waals surface area contributed by atoms with Crippen molar-refractivity contribution >= 4 is 5.91 Å². The first kappa shape index (κ1) is 14.8. The second-order valence-corrected chi connectivity index (χ2v) is 5.90. The Balaban J connectivity index is 1.85. The molecular weight excluding hydrogens is 240 g/mol. The molecule has 110 valence electrons. The average Bonchev–Trinajstić information content (AvgIpc) is 2.99. The molecule has 4 heteroatoms. The maximum Gasteiger partial charge on any atom is 0.239 e. The van der Waals surface area contributed by atoms with Crippen molar-refractivity contribution in [2.24, 2.45) is 5.92 Å². The number of amides is 1. The maximum absolute atomic E-state index is 12.5. The Morgan fingerprint density at radius 2 is 1.95 bits per heavy atom. The van der Waals surface area contributed by atoms with E-state index in [0.29, 0.717) is 19.3 Å².